The van der Waals surface area contributed by atoms with Gasteiger partial charge in [-0.05, 0) is 6.42 Å². The lowest BCUT2D eigenvalue weighted by atomic mass is 10.1. The van der Waals surface area contributed by atoms with Crippen LogP contribution in [-0.2, 0) is 0 Å². The molecule has 2 amide bonds. The average molecular weight is 266 g/mol. The topological polar surface area (TPSA) is 98.7 Å². The first-order valence-corrected chi connectivity index (χ1v) is 7.35. The predicted octanol–water partition coefficient (Wildman–Crippen LogP) is 2.71. The number of hydrogen-bond donors (Lipinski definition) is 5. The Hall–Kier alpha value is -1.11. The Bertz CT molecular complexity index is 222. The van der Waals surface area contributed by atoms with E-state index in [1.165, 1.54) is 19.3 Å². The number of unbranched alkanes of at least 4 members (excludes halogenated alkanes) is 5. The molecule has 0 heterocycles. The van der Waals surface area contributed by atoms with Crippen molar-refractivity contribution in [3.05, 3.63) is 0 Å². The van der Waals surface area contributed by atoms with Gasteiger partial charge in [0.05, 0.1) is 0 Å². The van der Waals surface area contributed by atoms with Crippen LogP contribution < -0.4 is 9.44 Å². The third-order valence-electron chi connectivity index (χ3n) is 2.20. The summed E-state index contributed by atoms with van der Waals surface area (Å²) in [4.78, 5) is 20.9. The fourth-order valence-electron chi connectivity index (χ4n) is 1.42. The van der Waals surface area contributed by atoms with E-state index < -0.39 is 23.5 Å². The van der Waals surface area contributed by atoms with Gasteiger partial charge in [-0.2, -0.15) is 0 Å². The summed E-state index contributed by atoms with van der Waals surface area (Å²) >= 11 is -1.36. The summed E-state index contributed by atoms with van der Waals surface area (Å²) in [5, 5.41) is 17.1. The van der Waals surface area contributed by atoms with Crippen LogP contribution >= 0.6 is 11.3 Å². The van der Waals surface area contributed by atoms with E-state index in [2.05, 4.69) is 16.4 Å². The summed E-state index contributed by atoms with van der Waals surface area (Å²) in [6, 6.07) is 0. The molecule has 0 bridgehead atoms. The van der Waals surface area contributed by atoms with Crippen molar-refractivity contribution in [3.63, 3.8) is 0 Å². The van der Waals surface area contributed by atoms with Crippen LogP contribution in [-0.4, -0.2) is 28.2 Å². The minimum absolute atomic E-state index is 0.556. The smallest absolute Gasteiger partial charge is 0.414 e. The lowest BCUT2D eigenvalue weighted by Gasteiger charge is -2.20. The maximum absolute atomic E-state index is 10.4. The zero-order chi connectivity index (χ0) is 13.1. The Morgan fingerprint density at radius 2 is 1.41 bits per heavy atom. The Balaban J connectivity index is 3.68. The highest BCUT2D eigenvalue weighted by molar-refractivity contribution is 8.14. The van der Waals surface area contributed by atoms with Gasteiger partial charge < -0.3 is 10.2 Å². The van der Waals surface area contributed by atoms with Crippen LogP contribution in [0.25, 0.3) is 0 Å². The molecule has 0 aromatic carbocycles. The Morgan fingerprint density at radius 3 is 1.88 bits per heavy atom. The number of thiol groups is 1. The van der Waals surface area contributed by atoms with E-state index >= 15 is 0 Å². The maximum atomic E-state index is 10.4. The molecule has 0 saturated heterocycles. The molecule has 0 saturated carbocycles. The zero-order valence-electron chi connectivity index (χ0n) is 10.1. The van der Waals surface area contributed by atoms with E-state index in [0.717, 1.165) is 19.3 Å². The molecule has 0 rings (SSSR count). The van der Waals surface area contributed by atoms with E-state index in [0.29, 0.717) is 5.75 Å². The molecular weight excluding hydrogens is 244 g/mol. The molecule has 6 nitrogen and oxygen atoms in total. The van der Waals surface area contributed by atoms with Gasteiger partial charge in [-0.25, -0.2) is 9.59 Å². The van der Waals surface area contributed by atoms with Crippen molar-refractivity contribution in [2.24, 2.45) is 0 Å². The van der Waals surface area contributed by atoms with E-state index in [-0.39, 0.29) is 0 Å². The standard InChI is InChI=1S/C10H22N2O4S/c1-2-3-4-5-6-7-8-17(11-9(13)14)12-10(15)16/h11-12,17H,2-8H2,1H3,(H,13,14)(H,15,16). The number of nitrogens with one attached hydrogen (secondary N) is 2. The molecule has 102 valence electrons. The van der Waals surface area contributed by atoms with Gasteiger partial charge in [0, 0.05) is 5.75 Å². The lowest BCUT2D eigenvalue weighted by Crippen LogP contribution is -2.31. The van der Waals surface area contributed by atoms with Gasteiger partial charge in [0.15, 0.2) is 0 Å². The van der Waals surface area contributed by atoms with Gasteiger partial charge in [-0.3, -0.25) is 9.44 Å². The summed E-state index contributed by atoms with van der Waals surface area (Å²) in [6.45, 7) is 2.15. The van der Waals surface area contributed by atoms with Gasteiger partial charge >= 0.3 is 12.2 Å². The Kier molecular flexibility index (Phi) is 9.41. The molecule has 0 radical (unpaired) electrons. The highest BCUT2D eigenvalue weighted by atomic mass is 32.2. The minimum Gasteiger partial charge on any atom is -0.464 e. The van der Waals surface area contributed by atoms with Gasteiger partial charge in [-0.1, -0.05) is 50.3 Å². The monoisotopic (exact) mass is 266 g/mol. The third-order valence-corrected chi connectivity index (χ3v) is 3.88. The van der Waals surface area contributed by atoms with Gasteiger partial charge in [-0.15, -0.1) is 0 Å². The second kappa shape index (κ2) is 10.1. The Morgan fingerprint density at radius 1 is 0.941 bits per heavy atom. The summed E-state index contributed by atoms with van der Waals surface area (Å²) in [6.07, 6.45) is 4.21. The highest BCUT2D eigenvalue weighted by Gasteiger charge is 2.08. The molecule has 0 spiro atoms. The van der Waals surface area contributed by atoms with Crippen LogP contribution in [0.3, 0.4) is 0 Å². The number of carbonyl (C=O) groups is 2. The van der Waals surface area contributed by atoms with Crippen molar-refractivity contribution in [1.82, 2.24) is 9.44 Å². The highest BCUT2D eigenvalue weighted by Crippen LogP contribution is 2.17. The summed E-state index contributed by atoms with van der Waals surface area (Å²) in [5.74, 6) is 0.556. The first kappa shape index (κ1) is 15.9. The van der Waals surface area contributed by atoms with E-state index in [9.17, 15) is 9.59 Å². The average Bonchev–Trinajstić information content (AvgIpc) is 2.21. The fourth-order valence-corrected chi connectivity index (χ4v) is 2.70. The molecule has 0 fully saturated rings. The van der Waals surface area contributed by atoms with Gasteiger partial charge in [0.25, 0.3) is 0 Å². The largest absolute Gasteiger partial charge is 0.464 e. The number of hydrogen-bond acceptors (Lipinski definition) is 2. The second-order valence-electron chi connectivity index (χ2n) is 3.75. The van der Waals surface area contributed by atoms with Crippen LogP contribution in [0.15, 0.2) is 0 Å². The molecule has 0 atom stereocenters. The predicted molar refractivity (Wildman–Crippen MR) is 69.6 cm³/mol. The SMILES string of the molecule is CCCCCCCC[SH](NC(=O)O)NC(=O)O. The summed E-state index contributed by atoms with van der Waals surface area (Å²) in [7, 11) is 0. The van der Waals surface area contributed by atoms with E-state index in [4.69, 9.17) is 10.2 Å². The molecular formula is C10H22N2O4S. The van der Waals surface area contributed by atoms with Crippen LogP contribution in [0.5, 0.6) is 0 Å². The molecule has 0 unspecified atom stereocenters. The molecule has 0 aliphatic carbocycles. The fraction of sp³-hybridized carbons (Fsp3) is 0.800. The number of carboxylic acid groups (broad SMARTS) is 2. The normalized spacial score (nSPS) is 10.8. The zero-order valence-corrected chi connectivity index (χ0v) is 11.0. The first-order chi connectivity index (χ1) is 8.06. The second-order valence-corrected chi connectivity index (χ2v) is 5.50. The molecule has 17 heavy (non-hydrogen) atoms. The van der Waals surface area contributed by atoms with Crippen molar-refractivity contribution >= 4 is 23.5 Å². The van der Waals surface area contributed by atoms with Crippen LogP contribution in [0.2, 0.25) is 0 Å². The number of amides is 2. The van der Waals surface area contributed by atoms with E-state index in [1.54, 1.807) is 0 Å². The first-order valence-electron chi connectivity index (χ1n) is 5.83. The van der Waals surface area contributed by atoms with Crippen molar-refractivity contribution in [3.8, 4) is 0 Å². The van der Waals surface area contributed by atoms with Crippen LogP contribution in [0.1, 0.15) is 45.4 Å². The lowest BCUT2D eigenvalue weighted by molar-refractivity contribution is 0.200. The maximum Gasteiger partial charge on any atom is 0.414 e. The Labute approximate surface area is 104 Å². The minimum atomic E-state index is -1.36. The molecule has 0 aliphatic rings. The quantitative estimate of drug-likeness (QED) is 0.327. The van der Waals surface area contributed by atoms with Gasteiger partial charge in [0.1, 0.15) is 0 Å². The van der Waals surface area contributed by atoms with Crippen molar-refractivity contribution in [2.45, 2.75) is 45.4 Å². The summed E-state index contributed by atoms with van der Waals surface area (Å²) < 4.78 is 4.41. The number of rotatable bonds is 9. The van der Waals surface area contributed by atoms with Crippen molar-refractivity contribution in [1.29, 1.82) is 0 Å². The van der Waals surface area contributed by atoms with E-state index in [1.807, 2.05) is 0 Å². The van der Waals surface area contributed by atoms with Crippen LogP contribution in [0.4, 0.5) is 9.59 Å². The van der Waals surface area contributed by atoms with Gasteiger partial charge in [0.2, 0.25) is 0 Å². The van der Waals surface area contributed by atoms with Crippen molar-refractivity contribution in [2.75, 3.05) is 5.75 Å². The van der Waals surface area contributed by atoms with Crippen molar-refractivity contribution < 1.29 is 19.8 Å². The summed E-state index contributed by atoms with van der Waals surface area (Å²) in [5.41, 5.74) is 0. The molecule has 4 N–H and O–H groups in total. The molecule has 7 heteroatoms. The molecule has 0 aromatic heterocycles. The van der Waals surface area contributed by atoms with Crippen LogP contribution in [0, 0.1) is 0 Å². The molecule has 0 aliphatic heterocycles. The third kappa shape index (κ3) is 11.2. The molecule has 0 aromatic rings.